The molecule has 5 nitrogen and oxygen atoms in total. The van der Waals surface area contributed by atoms with Gasteiger partial charge in [0.2, 0.25) is 5.91 Å². The van der Waals surface area contributed by atoms with Gasteiger partial charge in [0, 0.05) is 53.2 Å². The van der Waals surface area contributed by atoms with E-state index in [1.54, 1.807) is 0 Å². The molecule has 26 heavy (non-hydrogen) atoms. The zero-order valence-electron chi connectivity index (χ0n) is 14.4. The quantitative estimate of drug-likeness (QED) is 0.726. The second-order valence-electron chi connectivity index (χ2n) is 6.41. The van der Waals surface area contributed by atoms with Crippen molar-refractivity contribution in [2.24, 2.45) is 0 Å². The van der Waals surface area contributed by atoms with Crippen LogP contribution in [0.5, 0.6) is 0 Å². The molecule has 2 amide bonds. The van der Waals surface area contributed by atoms with Crippen LogP contribution in [0.15, 0.2) is 45.6 Å². The first-order valence-electron chi connectivity index (χ1n) is 8.71. The van der Waals surface area contributed by atoms with Crippen molar-refractivity contribution in [2.75, 3.05) is 25.0 Å². The highest BCUT2D eigenvalue weighted by molar-refractivity contribution is 9.10. The summed E-state index contributed by atoms with van der Waals surface area (Å²) in [6, 6.07) is 9.64. The van der Waals surface area contributed by atoms with Crippen LogP contribution >= 0.6 is 27.3 Å². The second-order valence-corrected chi connectivity index (χ2v) is 8.10. The molecule has 0 atom stereocenters. The number of piperidine rings is 1. The Balaban J connectivity index is 1.35. The van der Waals surface area contributed by atoms with Crippen LogP contribution in [0.3, 0.4) is 0 Å². The van der Waals surface area contributed by atoms with Gasteiger partial charge in [-0.15, -0.1) is 0 Å². The molecule has 1 aromatic carbocycles. The van der Waals surface area contributed by atoms with E-state index in [0.717, 1.165) is 48.2 Å². The van der Waals surface area contributed by atoms with Gasteiger partial charge < -0.3 is 15.5 Å². The number of hydrogen-bond acceptors (Lipinski definition) is 4. The van der Waals surface area contributed by atoms with Gasteiger partial charge in [0.05, 0.1) is 0 Å². The minimum atomic E-state index is 0.0126. The number of nitrogens with zero attached hydrogens (tertiary/aromatic N) is 1. The number of benzene rings is 1. The highest BCUT2D eigenvalue weighted by Crippen LogP contribution is 2.15. The molecule has 0 unspecified atom stereocenters. The monoisotopic (exact) mass is 435 g/mol. The van der Waals surface area contributed by atoms with E-state index in [1.807, 2.05) is 41.1 Å². The number of nitrogens with one attached hydrogen (secondary N) is 2. The van der Waals surface area contributed by atoms with E-state index in [2.05, 4.69) is 31.5 Å². The van der Waals surface area contributed by atoms with Crippen LogP contribution in [0.1, 0.15) is 29.6 Å². The van der Waals surface area contributed by atoms with Crippen molar-refractivity contribution in [2.45, 2.75) is 25.3 Å². The lowest BCUT2D eigenvalue weighted by Gasteiger charge is -2.32. The van der Waals surface area contributed by atoms with Crippen molar-refractivity contribution in [3.63, 3.8) is 0 Å². The third-order valence-electron chi connectivity index (χ3n) is 4.49. The first kappa shape index (κ1) is 19.1. The van der Waals surface area contributed by atoms with Gasteiger partial charge in [-0.1, -0.05) is 15.9 Å². The summed E-state index contributed by atoms with van der Waals surface area (Å²) in [6.45, 7) is 2.55. The number of thiophene rings is 1. The summed E-state index contributed by atoms with van der Waals surface area (Å²) in [5.74, 6) is 0.0405. The van der Waals surface area contributed by atoms with E-state index in [0.29, 0.717) is 6.42 Å². The third kappa shape index (κ3) is 5.65. The fourth-order valence-electron chi connectivity index (χ4n) is 2.98. The summed E-state index contributed by atoms with van der Waals surface area (Å²) in [5, 5.41) is 9.80. The number of likely N-dealkylation sites (tertiary alicyclic amines) is 1. The van der Waals surface area contributed by atoms with E-state index in [-0.39, 0.29) is 17.9 Å². The summed E-state index contributed by atoms with van der Waals surface area (Å²) in [7, 11) is 0. The predicted molar refractivity (Wildman–Crippen MR) is 109 cm³/mol. The lowest BCUT2D eigenvalue weighted by Crippen LogP contribution is -2.45. The van der Waals surface area contributed by atoms with Crippen molar-refractivity contribution >= 4 is 44.8 Å². The number of halogens is 1. The smallest absolute Gasteiger partial charge is 0.252 e. The van der Waals surface area contributed by atoms with Crippen molar-refractivity contribution in [1.82, 2.24) is 10.2 Å². The lowest BCUT2D eigenvalue weighted by atomic mass is 10.0. The largest absolute Gasteiger partial charge is 0.349 e. The van der Waals surface area contributed by atoms with Gasteiger partial charge >= 0.3 is 0 Å². The molecule has 2 heterocycles. The number of amides is 2. The molecule has 1 aliphatic rings. The molecule has 1 saturated heterocycles. The van der Waals surface area contributed by atoms with E-state index in [4.69, 9.17) is 0 Å². The van der Waals surface area contributed by atoms with E-state index < -0.39 is 0 Å². The highest BCUT2D eigenvalue weighted by Gasteiger charge is 2.21. The fraction of sp³-hybridized carbons (Fsp3) is 0.368. The van der Waals surface area contributed by atoms with Crippen LogP contribution in [0, 0.1) is 0 Å². The minimum absolute atomic E-state index is 0.0126. The first-order valence-corrected chi connectivity index (χ1v) is 10.4. The fourth-order valence-corrected chi connectivity index (χ4v) is 3.88. The lowest BCUT2D eigenvalue weighted by molar-refractivity contribution is -0.116. The molecule has 2 aromatic rings. The third-order valence-corrected chi connectivity index (χ3v) is 5.70. The Labute approximate surface area is 165 Å². The Bertz CT molecular complexity index is 726. The number of hydrogen-bond donors (Lipinski definition) is 2. The van der Waals surface area contributed by atoms with Crippen molar-refractivity contribution in [1.29, 1.82) is 0 Å². The van der Waals surface area contributed by atoms with Crippen molar-refractivity contribution in [3.05, 3.63) is 51.1 Å². The van der Waals surface area contributed by atoms with E-state index >= 15 is 0 Å². The van der Waals surface area contributed by atoms with Gasteiger partial charge in [-0.3, -0.25) is 9.59 Å². The Morgan fingerprint density at radius 3 is 2.54 bits per heavy atom. The van der Waals surface area contributed by atoms with Gasteiger partial charge in [-0.05, 0) is 48.6 Å². The molecule has 138 valence electrons. The van der Waals surface area contributed by atoms with Gasteiger partial charge in [-0.2, -0.15) is 11.3 Å². The molecule has 0 aliphatic carbocycles. The number of carbonyl (C=O) groups excluding carboxylic acids is 2. The summed E-state index contributed by atoms with van der Waals surface area (Å²) in [4.78, 5) is 26.5. The highest BCUT2D eigenvalue weighted by atomic mass is 79.9. The standard InChI is InChI=1S/C19H22BrN3O2S/c20-15-1-3-16(4-2-15)21-18(24)7-11-23-9-5-17(6-10-23)22-19(25)14-8-12-26-13-14/h1-4,8,12-13,17H,5-7,9-11H2,(H,21,24)(H,22,25). The number of anilines is 1. The SMILES string of the molecule is O=C(CCN1CCC(NC(=O)c2ccsc2)CC1)Nc1ccc(Br)cc1. The number of rotatable bonds is 6. The molecule has 1 aliphatic heterocycles. The van der Waals surface area contributed by atoms with Crippen molar-refractivity contribution < 1.29 is 9.59 Å². The van der Waals surface area contributed by atoms with Crippen LogP contribution in [0.2, 0.25) is 0 Å². The summed E-state index contributed by atoms with van der Waals surface area (Å²) >= 11 is 4.91. The van der Waals surface area contributed by atoms with Crippen LogP contribution < -0.4 is 10.6 Å². The molecule has 2 N–H and O–H groups in total. The Morgan fingerprint density at radius 1 is 1.15 bits per heavy atom. The molecule has 7 heteroatoms. The van der Waals surface area contributed by atoms with E-state index in [9.17, 15) is 9.59 Å². The molecular weight excluding hydrogens is 414 g/mol. The van der Waals surface area contributed by atoms with Gasteiger partial charge in [0.1, 0.15) is 0 Å². The predicted octanol–water partition coefficient (Wildman–Crippen LogP) is 3.73. The van der Waals surface area contributed by atoms with Crippen molar-refractivity contribution in [3.8, 4) is 0 Å². The zero-order chi connectivity index (χ0) is 18.4. The van der Waals surface area contributed by atoms with Crippen LogP contribution in [-0.2, 0) is 4.79 Å². The molecule has 0 radical (unpaired) electrons. The average Bonchev–Trinajstić information content (AvgIpc) is 3.18. The molecule has 1 aromatic heterocycles. The Morgan fingerprint density at radius 2 is 1.88 bits per heavy atom. The maximum atomic E-state index is 12.1. The number of carbonyl (C=O) groups is 2. The van der Waals surface area contributed by atoms with E-state index in [1.165, 1.54) is 11.3 Å². The Hall–Kier alpha value is -1.70. The molecule has 1 fully saturated rings. The van der Waals surface area contributed by atoms with Crippen LogP contribution in [-0.4, -0.2) is 42.4 Å². The molecule has 0 spiro atoms. The van der Waals surface area contributed by atoms with Crippen LogP contribution in [0.4, 0.5) is 5.69 Å². The average molecular weight is 436 g/mol. The van der Waals surface area contributed by atoms with Gasteiger partial charge in [0.15, 0.2) is 0 Å². The van der Waals surface area contributed by atoms with Crippen LogP contribution in [0.25, 0.3) is 0 Å². The minimum Gasteiger partial charge on any atom is -0.349 e. The maximum Gasteiger partial charge on any atom is 0.252 e. The summed E-state index contributed by atoms with van der Waals surface area (Å²) in [6.07, 6.45) is 2.32. The second kappa shape index (κ2) is 9.30. The van der Waals surface area contributed by atoms with Gasteiger partial charge in [0.25, 0.3) is 5.91 Å². The molecule has 3 rings (SSSR count). The topological polar surface area (TPSA) is 61.4 Å². The molecule has 0 saturated carbocycles. The zero-order valence-corrected chi connectivity index (χ0v) is 16.8. The first-order chi connectivity index (χ1) is 12.6. The molecule has 0 bridgehead atoms. The molecular formula is C19H22BrN3O2S. The van der Waals surface area contributed by atoms with Gasteiger partial charge in [-0.25, -0.2) is 0 Å². The summed E-state index contributed by atoms with van der Waals surface area (Å²) in [5.41, 5.74) is 1.55. The maximum absolute atomic E-state index is 12.1. The summed E-state index contributed by atoms with van der Waals surface area (Å²) < 4.78 is 0.990. The normalized spacial score (nSPS) is 15.6. The Kier molecular flexibility index (Phi) is 6.82.